The Kier molecular flexibility index (Phi) is 5.46. The molecule has 0 saturated carbocycles. The van der Waals surface area contributed by atoms with Crippen molar-refractivity contribution in [1.29, 1.82) is 0 Å². The van der Waals surface area contributed by atoms with Gasteiger partial charge in [0.15, 0.2) is 0 Å². The number of hydrogen-bond donors (Lipinski definition) is 1. The van der Waals surface area contributed by atoms with Gasteiger partial charge in [-0.1, -0.05) is 44.3 Å². The molecule has 1 aromatic carbocycles. The number of rotatable bonds is 6. The van der Waals surface area contributed by atoms with Crippen LogP contribution in [0.25, 0.3) is 0 Å². The number of sulfonamides is 1. The fourth-order valence-corrected chi connectivity index (χ4v) is 3.24. The lowest BCUT2D eigenvalue weighted by Gasteiger charge is -2.19. The number of benzene rings is 1. The Labute approximate surface area is 120 Å². The van der Waals surface area contributed by atoms with Gasteiger partial charge in [0.25, 0.3) is 0 Å². The molecule has 1 aromatic rings. The first-order valence-electron chi connectivity index (χ1n) is 6.05. The predicted molar refractivity (Wildman–Crippen MR) is 82.4 cm³/mol. The van der Waals surface area contributed by atoms with E-state index < -0.39 is 10.0 Å². The van der Waals surface area contributed by atoms with Gasteiger partial charge in [-0.15, -0.1) is 0 Å². The van der Waals surface area contributed by atoms with E-state index in [0.29, 0.717) is 23.6 Å². The van der Waals surface area contributed by atoms with Gasteiger partial charge in [0.2, 0.25) is 10.0 Å². The highest BCUT2D eigenvalue weighted by molar-refractivity contribution is 7.88. The summed E-state index contributed by atoms with van der Waals surface area (Å²) in [6.07, 6.45) is 0. The van der Waals surface area contributed by atoms with Gasteiger partial charge in [-0.05, 0) is 17.5 Å². The Hall–Kier alpha value is -0.980. The molecule has 0 unspecified atom stereocenters. The van der Waals surface area contributed by atoms with Crippen molar-refractivity contribution in [3.05, 3.63) is 35.4 Å². The van der Waals surface area contributed by atoms with Crippen molar-refractivity contribution < 1.29 is 8.42 Å². The first-order chi connectivity index (χ1) is 8.72. The zero-order valence-corrected chi connectivity index (χ0v) is 13.1. The summed E-state index contributed by atoms with van der Waals surface area (Å²) < 4.78 is 25.8. The molecule has 0 heterocycles. The molecule has 0 aliphatic heterocycles. The molecule has 0 fully saturated rings. The second-order valence-corrected chi connectivity index (χ2v) is 7.51. The molecule has 0 bridgehead atoms. The molecule has 1 rings (SSSR count). The molecule has 0 atom stereocenters. The van der Waals surface area contributed by atoms with E-state index in [0.717, 1.165) is 0 Å². The minimum absolute atomic E-state index is 0.0350. The second kappa shape index (κ2) is 6.45. The SMILES string of the molecule is CC(C)CN(C)S(=O)(=O)Cc1cccc(C(N)=S)c1. The van der Waals surface area contributed by atoms with E-state index >= 15 is 0 Å². The molecule has 0 amide bonds. The molecule has 19 heavy (non-hydrogen) atoms. The molecular weight excluding hydrogens is 280 g/mol. The molecular formula is C13H20N2O2S2. The Bertz CT molecular complexity index is 554. The molecule has 0 aliphatic rings. The topological polar surface area (TPSA) is 63.4 Å². The third kappa shape index (κ3) is 4.89. The van der Waals surface area contributed by atoms with Crippen molar-refractivity contribution in [2.45, 2.75) is 19.6 Å². The number of nitrogens with two attached hydrogens (primary N) is 1. The van der Waals surface area contributed by atoms with Gasteiger partial charge in [0.05, 0.1) is 5.75 Å². The third-order valence-corrected chi connectivity index (χ3v) is 4.69. The summed E-state index contributed by atoms with van der Waals surface area (Å²) in [5.41, 5.74) is 6.93. The standard InChI is InChI=1S/C13H20N2O2S2/c1-10(2)8-15(3)19(16,17)9-11-5-4-6-12(7-11)13(14)18/h4-7,10H,8-9H2,1-3H3,(H2,14,18). The van der Waals surface area contributed by atoms with Gasteiger partial charge in [-0.2, -0.15) is 0 Å². The number of hydrogen-bond acceptors (Lipinski definition) is 3. The van der Waals surface area contributed by atoms with Crippen LogP contribution in [0.15, 0.2) is 24.3 Å². The van der Waals surface area contributed by atoms with Gasteiger partial charge in [-0.25, -0.2) is 12.7 Å². The lowest BCUT2D eigenvalue weighted by Crippen LogP contribution is -2.31. The van der Waals surface area contributed by atoms with E-state index in [4.69, 9.17) is 18.0 Å². The van der Waals surface area contributed by atoms with Crippen LogP contribution in [0, 0.1) is 5.92 Å². The molecule has 0 aromatic heterocycles. The summed E-state index contributed by atoms with van der Waals surface area (Å²) in [6.45, 7) is 4.48. The van der Waals surface area contributed by atoms with Crippen LogP contribution in [0.4, 0.5) is 0 Å². The van der Waals surface area contributed by atoms with Crippen LogP contribution in [0.3, 0.4) is 0 Å². The highest BCUT2D eigenvalue weighted by Crippen LogP contribution is 2.13. The second-order valence-electron chi connectivity index (χ2n) is 5.00. The number of thiocarbonyl (C=S) groups is 1. The normalized spacial score (nSPS) is 12.1. The van der Waals surface area contributed by atoms with Gasteiger partial charge in [0.1, 0.15) is 4.99 Å². The largest absolute Gasteiger partial charge is 0.389 e. The fraction of sp³-hybridized carbons (Fsp3) is 0.462. The molecule has 0 aliphatic carbocycles. The smallest absolute Gasteiger partial charge is 0.218 e. The van der Waals surface area contributed by atoms with Crippen molar-refractivity contribution in [3.8, 4) is 0 Å². The van der Waals surface area contributed by atoms with E-state index in [-0.39, 0.29) is 10.7 Å². The molecule has 6 heteroatoms. The van der Waals surface area contributed by atoms with Crippen LogP contribution in [-0.4, -0.2) is 31.3 Å². The van der Waals surface area contributed by atoms with Crippen molar-refractivity contribution in [1.82, 2.24) is 4.31 Å². The van der Waals surface area contributed by atoms with E-state index in [9.17, 15) is 8.42 Å². The minimum Gasteiger partial charge on any atom is -0.389 e. The summed E-state index contributed by atoms with van der Waals surface area (Å²) in [6, 6.07) is 7.03. The predicted octanol–water partition coefficient (Wildman–Crippen LogP) is 1.74. The van der Waals surface area contributed by atoms with Gasteiger partial charge in [0, 0.05) is 19.2 Å². The van der Waals surface area contributed by atoms with E-state index in [2.05, 4.69) is 0 Å². The Morgan fingerprint density at radius 3 is 2.58 bits per heavy atom. The van der Waals surface area contributed by atoms with Crippen LogP contribution >= 0.6 is 12.2 Å². The average Bonchev–Trinajstić information content (AvgIpc) is 2.27. The van der Waals surface area contributed by atoms with E-state index in [1.54, 1.807) is 31.3 Å². The monoisotopic (exact) mass is 300 g/mol. The van der Waals surface area contributed by atoms with E-state index in [1.165, 1.54) is 4.31 Å². The highest BCUT2D eigenvalue weighted by atomic mass is 32.2. The summed E-state index contributed by atoms with van der Waals surface area (Å²) in [7, 11) is -1.70. The van der Waals surface area contributed by atoms with Crippen molar-refractivity contribution >= 4 is 27.2 Å². The summed E-state index contributed by atoms with van der Waals surface area (Å²) in [5.74, 6) is 0.259. The Morgan fingerprint density at radius 1 is 1.42 bits per heavy atom. The van der Waals surface area contributed by atoms with Crippen LogP contribution in [-0.2, 0) is 15.8 Å². The molecule has 2 N–H and O–H groups in total. The lowest BCUT2D eigenvalue weighted by molar-refractivity contribution is 0.416. The van der Waals surface area contributed by atoms with Crippen molar-refractivity contribution in [3.63, 3.8) is 0 Å². The molecule has 0 saturated heterocycles. The molecule has 4 nitrogen and oxygen atoms in total. The maximum atomic E-state index is 12.2. The first-order valence-corrected chi connectivity index (χ1v) is 8.07. The molecule has 0 spiro atoms. The summed E-state index contributed by atoms with van der Waals surface area (Å²) in [4.78, 5) is 0.273. The van der Waals surface area contributed by atoms with Crippen LogP contribution in [0.2, 0.25) is 0 Å². The molecule has 106 valence electrons. The maximum absolute atomic E-state index is 12.2. The van der Waals surface area contributed by atoms with Gasteiger partial charge < -0.3 is 5.73 Å². The highest BCUT2D eigenvalue weighted by Gasteiger charge is 2.19. The number of nitrogens with zero attached hydrogens (tertiary/aromatic N) is 1. The van der Waals surface area contributed by atoms with Crippen molar-refractivity contribution in [2.24, 2.45) is 11.7 Å². The van der Waals surface area contributed by atoms with Gasteiger partial charge >= 0.3 is 0 Å². The Morgan fingerprint density at radius 2 is 2.05 bits per heavy atom. The zero-order valence-electron chi connectivity index (χ0n) is 11.5. The minimum atomic E-state index is -3.30. The van der Waals surface area contributed by atoms with Gasteiger partial charge in [-0.3, -0.25) is 0 Å². The van der Waals surface area contributed by atoms with Crippen LogP contribution in [0.1, 0.15) is 25.0 Å². The van der Waals surface area contributed by atoms with Crippen LogP contribution in [0.5, 0.6) is 0 Å². The maximum Gasteiger partial charge on any atom is 0.218 e. The Balaban J connectivity index is 2.89. The fourth-order valence-electron chi connectivity index (χ4n) is 1.76. The molecule has 0 radical (unpaired) electrons. The summed E-state index contributed by atoms with van der Waals surface area (Å²) in [5, 5.41) is 0. The van der Waals surface area contributed by atoms with Crippen LogP contribution < -0.4 is 5.73 Å². The average molecular weight is 300 g/mol. The summed E-state index contributed by atoms with van der Waals surface area (Å²) >= 11 is 4.89. The lowest BCUT2D eigenvalue weighted by atomic mass is 10.1. The quantitative estimate of drug-likeness (QED) is 0.813. The van der Waals surface area contributed by atoms with Crippen molar-refractivity contribution in [2.75, 3.05) is 13.6 Å². The third-order valence-electron chi connectivity index (χ3n) is 2.66. The zero-order chi connectivity index (χ0) is 14.6. The van der Waals surface area contributed by atoms with E-state index in [1.807, 2.05) is 13.8 Å². The first kappa shape index (κ1) is 16.1.